The van der Waals surface area contributed by atoms with Gasteiger partial charge in [0.15, 0.2) is 11.6 Å². The fraction of sp³-hybridized carbons (Fsp3) is 0.524. The highest BCUT2D eigenvalue weighted by atomic mass is 19.2. The molecule has 1 aromatic carbocycles. The quantitative estimate of drug-likeness (QED) is 0.853. The lowest BCUT2D eigenvalue weighted by Crippen LogP contribution is -2.37. The maximum atomic E-state index is 13.6. The summed E-state index contributed by atoms with van der Waals surface area (Å²) in [6.07, 6.45) is 4.59. The molecule has 1 aromatic heterocycles. The molecule has 0 saturated carbocycles. The molecule has 1 fully saturated rings. The second-order valence-corrected chi connectivity index (χ2v) is 7.85. The third-order valence-corrected chi connectivity index (χ3v) is 6.02. The maximum Gasteiger partial charge on any atom is 0.222 e. The summed E-state index contributed by atoms with van der Waals surface area (Å²) in [7, 11) is 0. The number of halogens is 2. The Morgan fingerprint density at radius 1 is 1.21 bits per heavy atom. The Hall–Kier alpha value is -2.28. The van der Waals surface area contributed by atoms with Crippen molar-refractivity contribution in [1.29, 1.82) is 0 Å². The van der Waals surface area contributed by atoms with Gasteiger partial charge in [0.05, 0.1) is 5.69 Å². The molecule has 0 radical (unpaired) electrons. The van der Waals surface area contributed by atoms with E-state index in [1.165, 1.54) is 18.9 Å². The van der Waals surface area contributed by atoms with Crippen LogP contribution in [0.2, 0.25) is 0 Å². The Bertz CT molecular complexity index is 860. The Balaban J connectivity index is 1.43. The Morgan fingerprint density at radius 2 is 2.00 bits per heavy atom. The van der Waals surface area contributed by atoms with E-state index in [0.29, 0.717) is 43.2 Å². The highest BCUT2D eigenvalue weighted by Gasteiger charge is 2.27. The number of aromatic amines is 1. The molecule has 5 nitrogen and oxygen atoms in total. The molecule has 1 saturated heterocycles. The lowest BCUT2D eigenvalue weighted by Gasteiger charge is -2.29. The van der Waals surface area contributed by atoms with Gasteiger partial charge in [-0.2, -0.15) is 5.10 Å². The van der Waals surface area contributed by atoms with E-state index < -0.39 is 11.6 Å². The second-order valence-electron chi connectivity index (χ2n) is 7.85. The van der Waals surface area contributed by atoms with Gasteiger partial charge < -0.3 is 9.80 Å². The third kappa shape index (κ3) is 3.81. The molecule has 1 N–H and O–H groups in total. The molecule has 0 spiro atoms. The molecule has 28 heavy (non-hydrogen) atoms. The smallest absolute Gasteiger partial charge is 0.222 e. The van der Waals surface area contributed by atoms with Gasteiger partial charge in [-0.05, 0) is 57.5 Å². The fourth-order valence-electron chi connectivity index (χ4n) is 4.25. The second kappa shape index (κ2) is 7.99. The van der Waals surface area contributed by atoms with Gasteiger partial charge in [0, 0.05) is 48.8 Å². The number of carbonyl (C=O) groups excluding carboxylic acids is 1. The molecule has 1 amide bonds. The zero-order valence-corrected chi connectivity index (χ0v) is 16.2. The lowest BCUT2D eigenvalue weighted by molar-refractivity contribution is -0.132. The summed E-state index contributed by atoms with van der Waals surface area (Å²) >= 11 is 0. The average molecular weight is 388 g/mol. The van der Waals surface area contributed by atoms with Crippen molar-refractivity contribution in [2.75, 3.05) is 19.6 Å². The largest absolute Gasteiger partial charge is 0.338 e. The number of likely N-dealkylation sites (tertiary alicyclic amines) is 1. The van der Waals surface area contributed by atoms with Gasteiger partial charge in [0.25, 0.3) is 0 Å². The molecule has 0 bridgehead atoms. The molecule has 4 rings (SSSR count). The minimum absolute atomic E-state index is 0.147. The van der Waals surface area contributed by atoms with E-state index in [1.54, 1.807) is 0 Å². The molecule has 0 aliphatic carbocycles. The van der Waals surface area contributed by atoms with Crippen molar-refractivity contribution >= 4 is 5.91 Å². The van der Waals surface area contributed by atoms with E-state index in [1.807, 2.05) is 4.90 Å². The van der Waals surface area contributed by atoms with Crippen LogP contribution in [0.5, 0.6) is 0 Å². The van der Waals surface area contributed by atoms with E-state index >= 15 is 0 Å². The molecule has 150 valence electrons. The molecule has 3 heterocycles. The number of hydrogen-bond donors (Lipinski definition) is 1. The number of nitrogens with one attached hydrogen (secondary N) is 1. The lowest BCUT2D eigenvalue weighted by atomic mass is 10.00. The number of carbonyl (C=O) groups is 1. The van der Waals surface area contributed by atoms with Crippen LogP contribution in [0.3, 0.4) is 0 Å². The first kappa shape index (κ1) is 19.1. The number of rotatable bonds is 5. The van der Waals surface area contributed by atoms with Crippen LogP contribution in [0.25, 0.3) is 11.3 Å². The van der Waals surface area contributed by atoms with Crippen LogP contribution < -0.4 is 0 Å². The van der Waals surface area contributed by atoms with Gasteiger partial charge in [-0.1, -0.05) is 0 Å². The topological polar surface area (TPSA) is 52.2 Å². The molecular weight excluding hydrogens is 362 g/mol. The van der Waals surface area contributed by atoms with Crippen LogP contribution in [0.4, 0.5) is 8.78 Å². The molecule has 2 aliphatic heterocycles. The molecule has 7 heteroatoms. The first-order chi connectivity index (χ1) is 13.5. The molecule has 2 aromatic rings. The summed E-state index contributed by atoms with van der Waals surface area (Å²) in [4.78, 5) is 17.1. The van der Waals surface area contributed by atoms with E-state index in [4.69, 9.17) is 0 Å². The monoisotopic (exact) mass is 388 g/mol. The van der Waals surface area contributed by atoms with Crippen molar-refractivity contribution in [1.82, 2.24) is 20.0 Å². The van der Waals surface area contributed by atoms with Crippen molar-refractivity contribution in [3.8, 4) is 11.3 Å². The van der Waals surface area contributed by atoms with E-state index in [2.05, 4.69) is 22.0 Å². The number of amides is 1. The number of H-pyrrole nitrogens is 1. The Kier molecular flexibility index (Phi) is 5.44. The Morgan fingerprint density at radius 3 is 2.75 bits per heavy atom. The van der Waals surface area contributed by atoms with Crippen molar-refractivity contribution in [2.45, 2.75) is 51.6 Å². The van der Waals surface area contributed by atoms with Gasteiger partial charge in [0.2, 0.25) is 5.91 Å². The zero-order chi connectivity index (χ0) is 19.7. The number of nitrogens with zero attached hydrogens (tertiary/aromatic N) is 3. The van der Waals surface area contributed by atoms with E-state index in [-0.39, 0.29) is 5.91 Å². The maximum absolute atomic E-state index is 13.6. The summed E-state index contributed by atoms with van der Waals surface area (Å²) in [6.45, 7) is 5.58. The number of fused-ring (bicyclic) bond motifs is 1. The fourth-order valence-corrected chi connectivity index (χ4v) is 4.25. The van der Waals surface area contributed by atoms with Crippen LogP contribution in [0.15, 0.2) is 18.2 Å². The number of benzene rings is 1. The summed E-state index contributed by atoms with van der Waals surface area (Å²) in [5.41, 5.74) is 2.98. The number of aromatic nitrogens is 2. The van der Waals surface area contributed by atoms with Gasteiger partial charge >= 0.3 is 0 Å². The Labute approximate surface area is 163 Å². The van der Waals surface area contributed by atoms with Crippen molar-refractivity contribution in [3.05, 3.63) is 41.1 Å². The molecular formula is C21H26F2N4O. The van der Waals surface area contributed by atoms with Crippen LogP contribution in [0, 0.1) is 11.6 Å². The normalized spacial score (nSPS) is 18.3. The standard InChI is InChI=1S/C21H26F2N4O/c1-14(26-9-2-3-10-26)4-7-20(28)27-11-8-19-16(13-27)21(25-24-19)15-5-6-17(22)18(23)12-15/h5-6,12,14H,2-4,7-11,13H2,1H3,(H,24,25). The highest BCUT2D eigenvalue weighted by molar-refractivity contribution is 5.77. The molecule has 1 unspecified atom stereocenters. The molecule has 2 aliphatic rings. The van der Waals surface area contributed by atoms with Crippen LogP contribution >= 0.6 is 0 Å². The van der Waals surface area contributed by atoms with Crippen molar-refractivity contribution in [2.24, 2.45) is 0 Å². The van der Waals surface area contributed by atoms with Crippen LogP contribution in [0.1, 0.15) is 43.9 Å². The zero-order valence-electron chi connectivity index (χ0n) is 16.2. The predicted octanol–water partition coefficient (Wildman–Crippen LogP) is 3.50. The van der Waals surface area contributed by atoms with Crippen molar-refractivity contribution < 1.29 is 13.6 Å². The minimum Gasteiger partial charge on any atom is -0.338 e. The summed E-state index contributed by atoms with van der Waals surface area (Å²) in [6, 6.07) is 4.22. The van der Waals surface area contributed by atoms with Crippen molar-refractivity contribution in [3.63, 3.8) is 0 Å². The SMILES string of the molecule is CC(CCC(=O)N1CCc2[nH]nc(-c3ccc(F)c(F)c3)c2C1)N1CCCC1. The number of hydrogen-bond acceptors (Lipinski definition) is 3. The predicted molar refractivity (Wildman–Crippen MR) is 103 cm³/mol. The van der Waals surface area contributed by atoms with Crippen LogP contribution in [-0.2, 0) is 17.8 Å². The first-order valence-electron chi connectivity index (χ1n) is 10.1. The summed E-state index contributed by atoms with van der Waals surface area (Å²) < 4.78 is 26.9. The van der Waals surface area contributed by atoms with Crippen LogP contribution in [-0.4, -0.2) is 51.6 Å². The highest BCUT2D eigenvalue weighted by Crippen LogP contribution is 2.29. The van der Waals surface area contributed by atoms with E-state index in [9.17, 15) is 13.6 Å². The third-order valence-electron chi connectivity index (χ3n) is 6.02. The van der Waals surface area contributed by atoms with E-state index in [0.717, 1.165) is 42.9 Å². The average Bonchev–Trinajstić information content (AvgIpc) is 3.37. The van der Waals surface area contributed by atoms with Gasteiger partial charge in [-0.3, -0.25) is 9.89 Å². The van der Waals surface area contributed by atoms with Gasteiger partial charge in [-0.25, -0.2) is 8.78 Å². The first-order valence-corrected chi connectivity index (χ1v) is 10.1. The minimum atomic E-state index is -0.895. The van der Waals surface area contributed by atoms with Gasteiger partial charge in [0.1, 0.15) is 0 Å². The summed E-state index contributed by atoms with van der Waals surface area (Å²) in [5.74, 6) is -1.62. The molecule has 1 atom stereocenters. The van der Waals surface area contributed by atoms with Gasteiger partial charge in [-0.15, -0.1) is 0 Å². The summed E-state index contributed by atoms with van der Waals surface area (Å²) in [5, 5.41) is 7.30.